The first-order valence-electron chi connectivity index (χ1n) is 10.5. The van der Waals surface area contributed by atoms with Gasteiger partial charge in [-0.15, -0.1) is 10.2 Å². The fourth-order valence-corrected chi connectivity index (χ4v) is 4.50. The number of nitrogens with zero attached hydrogens (tertiary/aromatic N) is 2. The summed E-state index contributed by atoms with van der Waals surface area (Å²) >= 11 is 0. The van der Waals surface area contributed by atoms with Crippen molar-refractivity contribution >= 4 is 25.0 Å². The summed E-state index contributed by atoms with van der Waals surface area (Å²) in [5.41, 5.74) is 1.60. The highest BCUT2D eigenvalue weighted by molar-refractivity contribution is 6.88. The van der Waals surface area contributed by atoms with Crippen LogP contribution in [0.2, 0.25) is 19.6 Å². The fraction of sp³-hybridized carbons (Fsp3) is 0.333. The number of ketones is 1. The molecule has 1 N–H and O–H groups in total. The topological polar surface area (TPSA) is 94.3 Å². The van der Waals surface area contributed by atoms with E-state index in [0.717, 1.165) is 5.56 Å². The van der Waals surface area contributed by atoms with E-state index in [1.807, 2.05) is 12.1 Å². The van der Waals surface area contributed by atoms with Gasteiger partial charge in [0, 0.05) is 13.3 Å². The van der Waals surface area contributed by atoms with E-state index in [2.05, 4.69) is 47.3 Å². The molecule has 0 bridgehead atoms. The summed E-state index contributed by atoms with van der Waals surface area (Å²) < 4.78 is 10.5. The van der Waals surface area contributed by atoms with Gasteiger partial charge >= 0.3 is 0 Å². The Morgan fingerprint density at radius 2 is 1.66 bits per heavy atom. The van der Waals surface area contributed by atoms with Crippen molar-refractivity contribution in [3.8, 4) is 5.75 Å². The molecule has 32 heavy (non-hydrogen) atoms. The number of amides is 1. The molecule has 1 heterocycles. The molecule has 8 heteroatoms. The Bertz CT molecular complexity index is 1070. The van der Waals surface area contributed by atoms with Crippen LogP contribution in [0, 0.1) is 6.92 Å². The van der Waals surface area contributed by atoms with Crippen molar-refractivity contribution in [1.82, 2.24) is 15.5 Å². The van der Waals surface area contributed by atoms with E-state index in [-0.39, 0.29) is 30.4 Å². The van der Waals surface area contributed by atoms with E-state index in [4.69, 9.17) is 9.15 Å². The molecule has 1 aromatic heterocycles. The molecule has 0 saturated carbocycles. The zero-order valence-corrected chi connectivity index (χ0v) is 20.1. The Balaban J connectivity index is 1.78. The number of rotatable bonds is 9. The molecule has 1 atom stereocenters. The average molecular weight is 452 g/mol. The minimum absolute atomic E-state index is 0.0916. The molecule has 1 unspecified atom stereocenters. The molecule has 0 aliphatic rings. The summed E-state index contributed by atoms with van der Waals surface area (Å²) in [5.74, 6) is 0.803. The summed E-state index contributed by atoms with van der Waals surface area (Å²) in [4.78, 5) is 25.9. The predicted molar refractivity (Wildman–Crippen MR) is 125 cm³/mol. The first kappa shape index (κ1) is 23.4. The first-order chi connectivity index (χ1) is 15.2. The Morgan fingerprint density at radius 1 is 1.00 bits per heavy atom. The van der Waals surface area contributed by atoms with Crippen molar-refractivity contribution < 1.29 is 18.7 Å². The van der Waals surface area contributed by atoms with Crippen LogP contribution in [-0.2, 0) is 22.4 Å². The van der Waals surface area contributed by atoms with Crippen molar-refractivity contribution in [1.29, 1.82) is 0 Å². The van der Waals surface area contributed by atoms with Gasteiger partial charge in [0.05, 0.1) is 15.2 Å². The monoisotopic (exact) mass is 451 g/mol. The predicted octanol–water partition coefficient (Wildman–Crippen LogP) is 3.14. The number of hydrogen-bond donors (Lipinski definition) is 1. The van der Waals surface area contributed by atoms with Gasteiger partial charge in [-0.05, 0) is 23.3 Å². The zero-order chi connectivity index (χ0) is 23.3. The average Bonchev–Trinajstić information content (AvgIpc) is 3.16. The molecular weight excluding hydrogens is 422 g/mol. The molecular formula is C24H29N3O4Si. The van der Waals surface area contributed by atoms with E-state index in [1.165, 1.54) is 5.19 Å². The van der Waals surface area contributed by atoms with E-state index >= 15 is 0 Å². The summed E-state index contributed by atoms with van der Waals surface area (Å²) in [7, 11) is 0.169. The number of ether oxygens (including phenoxy) is 1. The quantitative estimate of drug-likeness (QED) is 0.502. The van der Waals surface area contributed by atoms with Gasteiger partial charge in [-0.2, -0.15) is 0 Å². The number of aryl methyl sites for hydroxylation is 1. The van der Waals surface area contributed by atoms with Crippen LogP contribution < -0.4 is 15.2 Å². The molecule has 3 rings (SSSR count). The lowest BCUT2D eigenvalue weighted by atomic mass is 9.97. The molecule has 7 nitrogen and oxygen atoms in total. The molecule has 0 fully saturated rings. The second kappa shape index (κ2) is 9.91. The highest BCUT2D eigenvalue weighted by Crippen LogP contribution is 2.20. The Morgan fingerprint density at radius 3 is 2.19 bits per heavy atom. The second-order valence-electron chi connectivity index (χ2n) is 8.76. The number of Topliss-reactive ketones (excluding diaryl/α,β-unsaturated/α-hetero) is 1. The maximum absolute atomic E-state index is 13.3. The third-order valence-electron chi connectivity index (χ3n) is 5.15. The molecule has 3 aromatic rings. The van der Waals surface area contributed by atoms with Crippen molar-refractivity contribution in [2.45, 2.75) is 45.4 Å². The summed E-state index contributed by atoms with van der Waals surface area (Å²) in [5, 5.41) is 11.8. The molecule has 168 valence electrons. The number of carbonyl (C=O) groups is 2. The van der Waals surface area contributed by atoms with Gasteiger partial charge in [-0.1, -0.05) is 61.2 Å². The second-order valence-corrected chi connectivity index (χ2v) is 13.8. The summed E-state index contributed by atoms with van der Waals surface area (Å²) in [6, 6.07) is 14.5. The Hall–Kier alpha value is -3.26. The Kier molecular flexibility index (Phi) is 7.24. The lowest BCUT2D eigenvalue weighted by molar-refractivity contribution is -0.127. The van der Waals surface area contributed by atoms with Gasteiger partial charge in [0.1, 0.15) is 18.2 Å². The number of carbonyl (C=O) groups excluding carboxylic acids is 2. The number of hydrogen-bond acceptors (Lipinski definition) is 6. The van der Waals surface area contributed by atoms with E-state index in [0.29, 0.717) is 17.2 Å². The third-order valence-corrected chi connectivity index (χ3v) is 7.22. The highest BCUT2D eigenvalue weighted by Gasteiger charge is 2.24. The highest BCUT2D eigenvalue weighted by atomic mass is 28.3. The van der Waals surface area contributed by atoms with Gasteiger partial charge in [-0.3, -0.25) is 9.59 Å². The van der Waals surface area contributed by atoms with Crippen LogP contribution in [-0.4, -0.2) is 37.1 Å². The van der Waals surface area contributed by atoms with Crippen molar-refractivity contribution in [2.24, 2.45) is 0 Å². The molecule has 0 aliphatic carbocycles. The summed E-state index contributed by atoms with van der Waals surface area (Å²) in [6.45, 7) is 8.51. The number of methoxy groups -OCH3 is 1. The lowest BCUT2D eigenvalue weighted by Gasteiger charge is -2.19. The maximum atomic E-state index is 13.3. The number of benzene rings is 2. The number of aromatic nitrogens is 2. The van der Waals surface area contributed by atoms with Crippen molar-refractivity contribution in [2.75, 3.05) is 7.11 Å². The summed E-state index contributed by atoms with van der Waals surface area (Å²) in [6.07, 6.45) is 0.119. The van der Waals surface area contributed by atoms with Crippen LogP contribution in [0.4, 0.5) is 0 Å². The van der Waals surface area contributed by atoms with Crippen LogP contribution in [0.25, 0.3) is 0 Å². The standard InChI is InChI=1S/C24H29N3O4Si/c1-16-26-27-23(31-16)15-22(29)25-24(18-8-10-19(30-2)11-9-18)21(28)14-17-6-12-20(13-7-17)32(3,4)5/h6-13,24H,14-15H2,1-5H3,(H,25,29). The minimum Gasteiger partial charge on any atom is -0.497 e. The van der Waals surface area contributed by atoms with Crippen LogP contribution in [0.3, 0.4) is 0 Å². The molecule has 0 saturated heterocycles. The van der Waals surface area contributed by atoms with Crippen LogP contribution in [0.1, 0.15) is 29.0 Å². The SMILES string of the molecule is COc1ccc(C(NC(=O)Cc2nnc(C)o2)C(=O)Cc2ccc([Si](C)(C)C)cc2)cc1. The van der Waals surface area contributed by atoms with Crippen molar-refractivity contribution in [3.05, 3.63) is 71.4 Å². The number of nitrogens with one attached hydrogen (secondary N) is 1. The minimum atomic E-state index is -1.41. The molecule has 1 amide bonds. The third kappa shape index (κ3) is 6.13. The van der Waals surface area contributed by atoms with Gasteiger partial charge in [0.25, 0.3) is 0 Å². The first-order valence-corrected chi connectivity index (χ1v) is 14.0. The maximum Gasteiger partial charge on any atom is 0.230 e. The molecule has 0 spiro atoms. The zero-order valence-electron chi connectivity index (χ0n) is 19.1. The van der Waals surface area contributed by atoms with E-state index in [9.17, 15) is 9.59 Å². The lowest BCUT2D eigenvalue weighted by Crippen LogP contribution is -2.37. The van der Waals surface area contributed by atoms with Crippen LogP contribution in [0.5, 0.6) is 5.75 Å². The fourth-order valence-electron chi connectivity index (χ4n) is 3.33. The van der Waals surface area contributed by atoms with E-state index < -0.39 is 14.1 Å². The van der Waals surface area contributed by atoms with Gasteiger partial charge < -0.3 is 14.5 Å². The molecule has 2 aromatic carbocycles. The van der Waals surface area contributed by atoms with Gasteiger partial charge in [0.15, 0.2) is 5.78 Å². The van der Waals surface area contributed by atoms with E-state index in [1.54, 1.807) is 38.3 Å². The Labute approximate surface area is 189 Å². The largest absolute Gasteiger partial charge is 0.497 e. The molecule has 0 radical (unpaired) electrons. The van der Waals surface area contributed by atoms with Gasteiger partial charge in [-0.25, -0.2) is 0 Å². The molecule has 0 aliphatic heterocycles. The van der Waals surface area contributed by atoms with Gasteiger partial charge in [0.2, 0.25) is 17.7 Å². The normalized spacial score (nSPS) is 12.3. The van der Waals surface area contributed by atoms with Crippen LogP contribution in [0.15, 0.2) is 52.9 Å². The van der Waals surface area contributed by atoms with Crippen LogP contribution >= 0.6 is 0 Å². The smallest absolute Gasteiger partial charge is 0.230 e. The van der Waals surface area contributed by atoms with Crippen molar-refractivity contribution in [3.63, 3.8) is 0 Å².